The summed E-state index contributed by atoms with van der Waals surface area (Å²) in [6, 6.07) is 24.1. The van der Waals surface area contributed by atoms with Crippen LogP contribution in [0.5, 0.6) is 0 Å². The molecule has 180 valence electrons. The Hall–Kier alpha value is -4.25. The van der Waals surface area contributed by atoms with Gasteiger partial charge in [0.25, 0.3) is 10.0 Å². The molecule has 0 aliphatic carbocycles. The standard InChI is InChI=1S/C29H19ClN4O2S/c1-17-7-9-22(10-8-17)37(35,36)34-27(14-24-28(30)21(15-31)16-32-29(24)34)20-11-18(2)23-12-19-5-3-4-6-25(19)33-26(23)13-20/h3-14,16H,1-2H3. The average molecular weight is 523 g/mol. The molecule has 0 aliphatic rings. The first kappa shape index (κ1) is 23.2. The largest absolute Gasteiger partial charge is 0.269 e. The third kappa shape index (κ3) is 3.65. The van der Waals surface area contributed by atoms with E-state index in [1.54, 1.807) is 30.3 Å². The predicted molar refractivity (Wildman–Crippen MR) is 146 cm³/mol. The van der Waals surface area contributed by atoms with Gasteiger partial charge in [0.1, 0.15) is 6.07 Å². The first-order valence-corrected chi connectivity index (χ1v) is 13.3. The SMILES string of the molecule is Cc1ccc(S(=O)(=O)n2c(-c3cc(C)c4cc5ccccc5nc4c3)cc3c(Cl)c(C#N)cnc32)cc1. The molecule has 0 N–H and O–H groups in total. The number of hydrogen-bond donors (Lipinski definition) is 0. The van der Waals surface area contributed by atoms with E-state index in [0.29, 0.717) is 16.6 Å². The van der Waals surface area contributed by atoms with Gasteiger partial charge in [-0.15, -0.1) is 0 Å². The number of halogens is 1. The zero-order valence-corrected chi connectivity index (χ0v) is 21.5. The maximum Gasteiger partial charge on any atom is 0.269 e. The lowest BCUT2D eigenvalue weighted by Crippen LogP contribution is -2.15. The molecular formula is C29H19ClN4O2S. The van der Waals surface area contributed by atoms with Gasteiger partial charge in [0, 0.05) is 27.9 Å². The topological polar surface area (TPSA) is 88.6 Å². The molecule has 0 amide bonds. The summed E-state index contributed by atoms with van der Waals surface area (Å²) in [5.41, 5.74) is 4.86. The fourth-order valence-electron chi connectivity index (χ4n) is 4.64. The minimum atomic E-state index is -4.06. The highest BCUT2D eigenvalue weighted by Gasteiger charge is 2.27. The highest BCUT2D eigenvalue weighted by atomic mass is 35.5. The quantitative estimate of drug-likeness (QED) is 0.239. The normalized spacial score (nSPS) is 11.8. The number of fused-ring (bicyclic) bond motifs is 3. The second-order valence-corrected chi connectivity index (χ2v) is 11.2. The maximum atomic E-state index is 14.0. The van der Waals surface area contributed by atoms with Gasteiger partial charge in [0.05, 0.1) is 32.2 Å². The summed E-state index contributed by atoms with van der Waals surface area (Å²) in [5, 5.41) is 12.0. The van der Waals surface area contributed by atoms with E-state index in [1.165, 1.54) is 10.2 Å². The van der Waals surface area contributed by atoms with E-state index < -0.39 is 10.0 Å². The number of hydrogen-bond acceptors (Lipinski definition) is 5. The molecule has 0 atom stereocenters. The molecule has 0 radical (unpaired) electrons. The molecule has 3 aromatic heterocycles. The Labute approximate surface area is 218 Å². The fourth-order valence-corrected chi connectivity index (χ4v) is 6.35. The fraction of sp³-hybridized carbons (Fsp3) is 0.0690. The van der Waals surface area contributed by atoms with Gasteiger partial charge < -0.3 is 0 Å². The van der Waals surface area contributed by atoms with E-state index in [4.69, 9.17) is 16.6 Å². The summed E-state index contributed by atoms with van der Waals surface area (Å²) in [7, 11) is -4.06. The Morgan fingerprint density at radius 1 is 0.919 bits per heavy atom. The Kier molecular flexibility index (Phi) is 5.27. The average Bonchev–Trinajstić information content (AvgIpc) is 3.30. The first-order chi connectivity index (χ1) is 17.8. The Morgan fingerprint density at radius 2 is 1.68 bits per heavy atom. The van der Waals surface area contributed by atoms with Crippen molar-refractivity contribution < 1.29 is 8.42 Å². The molecule has 0 bridgehead atoms. The number of nitriles is 1. The van der Waals surface area contributed by atoms with Gasteiger partial charge in [-0.1, -0.05) is 47.5 Å². The highest BCUT2D eigenvalue weighted by Crippen LogP contribution is 2.37. The number of para-hydroxylation sites is 1. The van der Waals surface area contributed by atoms with Crippen molar-refractivity contribution in [3.05, 3.63) is 101 Å². The van der Waals surface area contributed by atoms with Gasteiger partial charge in [-0.3, -0.25) is 0 Å². The molecule has 37 heavy (non-hydrogen) atoms. The molecule has 0 spiro atoms. The van der Waals surface area contributed by atoms with Crippen LogP contribution in [0.1, 0.15) is 16.7 Å². The first-order valence-electron chi connectivity index (χ1n) is 11.5. The summed E-state index contributed by atoms with van der Waals surface area (Å²) in [4.78, 5) is 9.32. The maximum absolute atomic E-state index is 14.0. The smallest absolute Gasteiger partial charge is 0.248 e. The third-order valence-corrected chi connectivity index (χ3v) is 8.67. The molecular weight excluding hydrogens is 504 g/mol. The molecule has 0 fully saturated rings. The van der Waals surface area contributed by atoms with Crippen molar-refractivity contribution in [2.45, 2.75) is 18.7 Å². The van der Waals surface area contributed by atoms with Gasteiger partial charge in [0.2, 0.25) is 0 Å². The van der Waals surface area contributed by atoms with Crippen LogP contribution in [-0.4, -0.2) is 22.4 Å². The third-order valence-electron chi connectivity index (χ3n) is 6.54. The van der Waals surface area contributed by atoms with Crippen molar-refractivity contribution in [1.29, 1.82) is 5.26 Å². The van der Waals surface area contributed by atoms with Crippen molar-refractivity contribution in [3.63, 3.8) is 0 Å². The van der Waals surface area contributed by atoms with Crippen molar-refractivity contribution in [2.24, 2.45) is 0 Å². The molecule has 0 saturated heterocycles. The van der Waals surface area contributed by atoms with Gasteiger partial charge in [-0.2, -0.15) is 5.26 Å². The summed E-state index contributed by atoms with van der Waals surface area (Å²) in [6.07, 6.45) is 1.30. The summed E-state index contributed by atoms with van der Waals surface area (Å²) < 4.78 is 29.2. The van der Waals surface area contributed by atoms with Crippen LogP contribution in [0.25, 0.3) is 44.1 Å². The van der Waals surface area contributed by atoms with E-state index in [0.717, 1.165) is 32.9 Å². The van der Waals surface area contributed by atoms with Crippen LogP contribution in [0.3, 0.4) is 0 Å². The molecule has 0 unspecified atom stereocenters. The van der Waals surface area contributed by atoms with Crippen LogP contribution >= 0.6 is 11.6 Å². The van der Waals surface area contributed by atoms with E-state index in [9.17, 15) is 13.7 Å². The summed E-state index contributed by atoms with van der Waals surface area (Å²) >= 11 is 6.54. The molecule has 0 aliphatic heterocycles. The van der Waals surface area contributed by atoms with Crippen LogP contribution in [0, 0.1) is 25.2 Å². The summed E-state index contributed by atoms with van der Waals surface area (Å²) in [6.45, 7) is 3.87. The lowest BCUT2D eigenvalue weighted by Gasteiger charge is -2.13. The molecule has 3 aromatic carbocycles. The Balaban J connectivity index is 1.69. The van der Waals surface area contributed by atoms with Gasteiger partial charge in [-0.05, 0) is 61.9 Å². The van der Waals surface area contributed by atoms with Crippen molar-refractivity contribution in [3.8, 4) is 17.3 Å². The molecule has 6 nitrogen and oxygen atoms in total. The number of rotatable bonds is 3. The van der Waals surface area contributed by atoms with Crippen molar-refractivity contribution in [1.82, 2.24) is 13.9 Å². The van der Waals surface area contributed by atoms with Gasteiger partial charge in [-0.25, -0.2) is 22.4 Å². The van der Waals surface area contributed by atoms with Crippen LogP contribution in [0.4, 0.5) is 0 Å². The number of nitrogens with zero attached hydrogens (tertiary/aromatic N) is 4. The zero-order valence-electron chi connectivity index (χ0n) is 19.9. The minimum absolute atomic E-state index is 0.126. The molecule has 3 heterocycles. The summed E-state index contributed by atoms with van der Waals surface area (Å²) in [5.74, 6) is 0. The van der Waals surface area contributed by atoms with E-state index >= 15 is 0 Å². The van der Waals surface area contributed by atoms with E-state index in [-0.39, 0.29) is 21.1 Å². The van der Waals surface area contributed by atoms with Gasteiger partial charge >= 0.3 is 0 Å². The predicted octanol–water partition coefficient (Wildman–Crippen LogP) is 6.78. The van der Waals surface area contributed by atoms with E-state index in [1.807, 2.05) is 56.3 Å². The van der Waals surface area contributed by atoms with Crippen molar-refractivity contribution in [2.75, 3.05) is 0 Å². The number of aromatic nitrogens is 3. The molecule has 6 rings (SSSR count). The van der Waals surface area contributed by atoms with Crippen molar-refractivity contribution >= 4 is 54.5 Å². The second-order valence-electron chi connectivity index (χ2n) is 8.99. The Bertz CT molecular complexity index is 2040. The minimum Gasteiger partial charge on any atom is -0.248 e. The molecule has 0 saturated carbocycles. The zero-order chi connectivity index (χ0) is 25.9. The van der Waals surface area contributed by atoms with Crippen LogP contribution < -0.4 is 0 Å². The highest BCUT2D eigenvalue weighted by molar-refractivity contribution is 7.90. The number of benzene rings is 3. The number of pyridine rings is 2. The van der Waals surface area contributed by atoms with E-state index in [2.05, 4.69) is 11.1 Å². The van der Waals surface area contributed by atoms with Crippen LogP contribution in [-0.2, 0) is 10.0 Å². The van der Waals surface area contributed by atoms with Crippen LogP contribution in [0.2, 0.25) is 5.02 Å². The second kappa shape index (κ2) is 8.41. The van der Waals surface area contributed by atoms with Gasteiger partial charge in [0.15, 0.2) is 5.65 Å². The van der Waals surface area contributed by atoms with Crippen LogP contribution in [0.15, 0.2) is 83.9 Å². The Morgan fingerprint density at radius 3 is 2.43 bits per heavy atom. The monoisotopic (exact) mass is 522 g/mol. The molecule has 8 heteroatoms. The molecule has 6 aromatic rings. The number of aryl methyl sites for hydroxylation is 2. The lowest BCUT2D eigenvalue weighted by atomic mass is 10.0. The lowest BCUT2D eigenvalue weighted by molar-refractivity contribution is 0.589.